The molecule has 4 nitrogen and oxygen atoms in total. The highest BCUT2D eigenvalue weighted by atomic mass is 16.5. The number of nitrogens with two attached hydrogens (primary N) is 1. The van der Waals surface area contributed by atoms with Gasteiger partial charge in [-0.05, 0) is 61.1 Å². The highest BCUT2D eigenvalue weighted by Gasteiger charge is 2.38. The van der Waals surface area contributed by atoms with Crippen LogP contribution in [0.4, 0.5) is 0 Å². The molecule has 2 aliphatic heterocycles. The molecule has 0 radical (unpaired) electrons. The number of methoxy groups -OCH3 is 1. The number of hydrogen-bond acceptors (Lipinski definition) is 4. The van der Waals surface area contributed by atoms with Crippen LogP contribution >= 0.6 is 0 Å². The van der Waals surface area contributed by atoms with Crippen LogP contribution in [0.25, 0.3) is 0 Å². The molecule has 2 heterocycles. The van der Waals surface area contributed by atoms with E-state index in [4.69, 9.17) is 10.5 Å². The zero-order valence-corrected chi connectivity index (χ0v) is 15.8. The Morgan fingerprint density at radius 2 is 1.96 bits per heavy atom. The number of phenolic OH excluding ortho intramolecular Hbond substituents is 1. The largest absolute Gasteiger partial charge is 0.504 e. The van der Waals surface area contributed by atoms with Gasteiger partial charge < -0.3 is 15.6 Å². The number of fused-ring (bicyclic) bond motifs is 3. The topological polar surface area (TPSA) is 58.7 Å². The van der Waals surface area contributed by atoms with E-state index in [9.17, 15) is 5.11 Å². The maximum absolute atomic E-state index is 10.1. The monoisotopic (exact) mass is 352 g/mol. The molecule has 1 fully saturated rings. The molecule has 0 bridgehead atoms. The van der Waals surface area contributed by atoms with Crippen LogP contribution in [0.15, 0.2) is 30.3 Å². The van der Waals surface area contributed by atoms with Crippen LogP contribution in [0.1, 0.15) is 46.2 Å². The molecule has 0 unspecified atom stereocenters. The number of aryl methyl sites for hydroxylation is 2. The van der Waals surface area contributed by atoms with Gasteiger partial charge in [-0.3, -0.25) is 4.90 Å². The van der Waals surface area contributed by atoms with Gasteiger partial charge in [0.05, 0.1) is 7.11 Å². The van der Waals surface area contributed by atoms with E-state index in [-0.39, 0.29) is 11.8 Å². The Labute approximate surface area is 155 Å². The summed E-state index contributed by atoms with van der Waals surface area (Å²) >= 11 is 0. The first-order valence-corrected chi connectivity index (χ1v) is 9.44. The standard InChI is InChI=1S/C22H28N2O2/c1-13-4-5-14(2)16(8-13)18-12-24-7-6-15-9-21(25)22(26-3)10-17(15)20(24)11-19(18)23/h4-5,8-10,18-20,25H,6-7,11-12,23H2,1-3H3/t18-,19+,20+/m0/s1. The summed E-state index contributed by atoms with van der Waals surface area (Å²) in [6.45, 7) is 6.33. The first kappa shape index (κ1) is 17.4. The Kier molecular flexibility index (Phi) is 4.41. The molecule has 3 atom stereocenters. The quantitative estimate of drug-likeness (QED) is 0.869. The van der Waals surface area contributed by atoms with Crippen molar-refractivity contribution in [1.29, 1.82) is 0 Å². The van der Waals surface area contributed by atoms with Gasteiger partial charge >= 0.3 is 0 Å². The fourth-order valence-electron chi connectivity index (χ4n) is 4.73. The lowest BCUT2D eigenvalue weighted by molar-refractivity contribution is 0.109. The van der Waals surface area contributed by atoms with E-state index in [0.29, 0.717) is 17.7 Å². The minimum Gasteiger partial charge on any atom is -0.504 e. The Balaban J connectivity index is 1.66. The van der Waals surface area contributed by atoms with Crippen molar-refractivity contribution >= 4 is 0 Å². The van der Waals surface area contributed by atoms with Crippen molar-refractivity contribution in [3.05, 3.63) is 58.1 Å². The van der Waals surface area contributed by atoms with Crippen molar-refractivity contribution < 1.29 is 9.84 Å². The molecule has 4 heteroatoms. The smallest absolute Gasteiger partial charge is 0.160 e. The number of aromatic hydroxyl groups is 1. The number of rotatable bonds is 2. The van der Waals surface area contributed by atoms with Gasteiger partial charge in [-0.25, -0.2) is 0 Å². The minimum absolute atomic E-state index is 0.127. The van der Waals surface area contributed by atoms with Crippen LogP contribution in [0.3, 0.4) is 0 Å². The third-order valence-electron chi connectivity index (χ3n) is 6.19. The summed E-state index contributed by atoms with van der Waals surface area (Å²) in [6.07, 6.45) is 1.89. The van der Waals surface area contributed by atoms with E-state index >= 15 is 0 Å². The molecule has 138 valence electrons. The lowest BCUT2D eigenvalue weighted by atomic mass is 9.77. The molecule has 2 aromatic rings. The minimum atomic E-state index is 0.127. The lowest BCUT2D eigenvalue weighted by Gasteiger charge is -2.46. The maximum Gasteiger partial charge on any atom is 0.160 e. The van der Waals surface area contributed by atoms with E-state index in [1.165, 1.54) is 27.8 Å². The summed E-state index contributed by atoms with van der Waals surface area (Å²) in [6, 6.07) is 11.0. The number of benzene rings is 2. The van der Waals surface area contributed by atoms with Crippen LogP contribution in [0.2, 0.25) is 0 Å². The molecular weight excluding hydrogens is 324 g/mol. The van der Waals surface area contributed by atoms with Crippen molar-refractivity contribution in [2.24, 2.45) is 5.73 Å². The molecule has 4 rings (SSSR count). The second-order valence-corrected chi connectivity index (χ2v) is 7.85. The average Bonchev–Trinajstić information content (AvgIpc) is 2.62. The van der Waals surface area contributed by atoms with Gasteiger partial charge in [0.2, 0.25) is 0 Å². The van der Waals surface area contributed by atoms with Crippen molar-refractivity contribution in [1.82, 2.24) is 4.90 Å². The summed E-state index contributed by atoms with van der Waals surface area (Å²) < 4.78 is 5.34. The second kappa shape index (κ2) is 6.60. The van der Waals surface area contributed by atoms with Crippen molar-refractivity contribution in [3.8, 4) is 11.5 Å². The number of nitrogens with zero attached hydrogens (tertiary/aromatic N) is 1. The zero-order valence-electron chi connectivity index (χ0n) is 15.8. The average molecular weight is 352 g/mol. The Bertz CT molecular complexity index is 833. The number of hydrogen-bond donors (Lipinski definition) is 2. The molecule has 26 heavy (non-hydrogen) atoms. The second-order valence-electron chi connectivity index (χ2n) is 7.85. The van der Waals surface area contributed by atoms with E-state index < -0.39 is 0 Å². The summed E-state index contributed by atoms with van der Waals surface area (Å²) in [7, 11) is 1.60. The van der Waals surface area contributed by atoms with Crippen molar-refractivity contribution in [3.63, 3.8) is 0 Å². The predicted octanol–water partition coefficient (Wildman–Crippen LogP) is 3.43. The molecule has 0 spiro atoms. The predicted molar refractivity (Wildman–Crippen MR) is 104 cm³/mol. The van der Waals surface area contributed by atoms with Gasteiger partial charge in [-0.1, -0.05) is 23.8 Å². The summed E-state index contributed by atoms with van der Waals surface area (Å²) in [4.78, 5) is 2.56. The third kappa shape index (κ3) is 2.87. The zero-order chi connectivity index (χ0) is 18.4. The van der Waals surface area contributed by atoms with Gasteiger partial charge in [-0.15, -0.1) is 0 Å². The first-order valence-electron chi connectivity index (χ1n) is 9.44. The van der Waals surface area contributed by atoms with E-state index in [1.54, 1.807) is 7.11 Å². The maximum atomic E-state index is 10.1. The summed E-state index contributed by atoms with van der Waals surface area (Å²) in [5.74, 6) is 1.15. The van der Waals surface area contributed by atoms with Crippen LogP contribution in [-0.2, 0) is 6.42 Å². The van der Waals surface area contributed by atoms with Gasteiger partial charge in [0, 0.05) is 31.1 Å². The highest BCUT2D eigenvalue weighted by Crippen LogP contribution is 2.44. The lowest BCUT2D eigenvalue weighted by Crippen LogP contribution is -2.49. The molecule has 0 saturated carbocycles. The van der Waals surface area contributed by atoms with Crippen molar-refractivity contribution in [2.75, 3.05) is 20.2 Å². The molecule has 0 aromatic heterocycles. The SMILES string of the molecule is COc1cc2c(cc1O)CCN1C[C@@H](c3cc(C)ccc3C)[C@H](N)C[C@H]21. The molecule has 0 aliphatic carbocycles. The molecular formula is C22H28N2O2. The normalized spacial score (nSPS) is 25.5. The Morgan fingerprint density at radius 3 is 2.73 bits per heavy atom. The third-order valence-corrected chi connectivity index (χ3v) is 6.19. The Hall–Kier alpha value is -2.04. The Morgan fingerprint density at radius 1 is 1.15 bits per heavy atom. The summed E-state index contributed by atoms with van der Waals surface area (Å²) in [5.41, 5.74) is 13.2. The fourth-order valence-corrected chi connectivity index (χ4v) is 4.73. The fraction of sp³-hybridized carbons (Fsp3) is 0.455. The van der Waals surface area contributed by atoms with Crippen LogP contribution in [0, 0.1) is 13.8 Å². The molecule has 2 aromatic carbocycles. The van der Waals surface area contributed by atoms with E-state index in [0.717, 1.165) is 25.9 Å². The van der Waals surface area contributed by atoms with Crippen LogP contribution in [0.5, 0.6) is 11.5 Å². The van der Waals surface area contributed by atoms with E-state index in [2.05, 4.69) is 36.9 Å². The van der Waals surface area contributed by atoms with E-state index in [1.807, 2.05) is 12.1 Å². The highest BCUT2D eigenvalue weighted by molar-refractivity contribution is 5.49. The summed E-state index contributed by atoms with van der Waals surface area (Å²) in [5, 5.41) is 10.1. The molecule has 2 aliphatic rings. The van der Waals surface area contributed by atoms with Crippen LogP contribution < -0.4 is 10.5 Å². The van der Waals surface area contributed by atoms with Crippen molar-refractivity contribution in [2.45, 2.75) is 44.7 Å². The number of piperidine rings is 1. The molecule has 0 amide bonds. The first-order chi connectivity index (χ1) is 12.5. The van der Waals surface area contributed by atoms with Gasteiger partial charge in [-0.2, -0.15) is 0 Å². The van der Waals surface area contributed by atoms with Gasteiger partial charge in [0.1, 0.15) is 0 Å². The number of phenols is 1. The number of ether oxygens (including phenoxy) is 1. The van der Waals surface area contributed by atoms with Crippen LogP contribution in [-0.4, -0.2) is 36.2 Å². The van der Waals surface area contributed by atoms with Gasteiger partial charge in [0.25, 0.3) is 0 Å². The van der Waals surface area contributed by atoms with Gasteiger partial charge in [0.15, 0.2) is 11.5 Å². The molecule has 3 N–H and O–H groups in total. The molecule has 1 saturated heterocycles.